The van der Waals surface area contributed by atoms with Gasteiger partial charge in [-0.05, 0) is 18.2 Å². The quantitative estimate of drug-likeness (QED) is 0.443. The van der Waals surface area contributed by atoms with Gasteiger partial charge >= 0.3 is 41.9 Å². The minimum absolute atomic E-state index is 0.162. The van der Waals surface area contributed by atoms with Crippen LogP contribution in [0.5, 0.6) is 0 Å². The molecule has 0 aromatic heterocycles. The van der Waals surface area contributed by atoms with Crippen molar-refractivity contribution in [1.82, 2.24) is 0 Å². The lowest BCUT2D eigenvalue weighted by Crippen LogP contribution is -2.70. The number of nitrogens with one attached hydrogen (secondary N) is 1. The molecule has 1 aromatic rings. The van der Waals surface area contributed by atoms with Crippen LogP contribution < -0.4 is 5.32 Å². The summed E-state index contributed by atoms with van der Waals surface area (Å²) in [5, 5.41) is 0.0453. The van der Waals surface area contributed by atoms with Crippen LogP contribution in [0.1, 0.15) is 0 Å². The fraction of sp³-hybridized carbons (Fsp3) is 0.462. The van der Waals surface area contributed by atoms with Crippen molar-refractivity contribution in [2.45, 2.75) is 36.0 Å². The van der Waals surface area contributed by atoms with Gasteiger partial charge in [0.05, 0.1) is 10.7 Å². The van der Waals surface area contributed by atoms with Crippen LogP contribution in [0.3, 0.4) is 0 Å². The van der Waals surface area contributed by atoms with Gasteiger partial charge in [-0.25, -0.2) is 8.78 Å². The summed E-state index contributed by atoms with van der Waals surface area (Å²) < 4.78 is 156. The van der Waals surface area contributed by atoms with Gasteiger partial charge in [-0.3, -0.25) is 4.79 Å². The number of halogens is 14. The molecule has 29 heavy (non-hydrogen) atoms. The number of hydrogen-bond acceptors (Lipinski definition) is 1. The van der Waals surface area contributed by atoms with Gasteiger partial charge in [0.25, 0.3) is 0 Å². The van der Waals surface area contributed by atoms with Crippen LogP contribution >= 0.6 is 23.2 Å². The second-order valence-electron chi connectivity index (χ2n) is 5.30. The van der Waals surface area contributed by atoms with Gasteiger partial charge in [0.2, 0.25) is 0 Å². The summed E-state index contributed by atoms with van der Waals surface area (Å²) in [5.74, 6) is -40.3. The lowest BCUT2D eigenvalue weighted by atomic mass is 9.94. The molecule has 1 rings (SSSR count). The topological polar surface area (TPSA) is 29.1 Å². The lowest BCUT2D eigenvalue weighted by Gasteiger charge is -2.38. The summed E-state index contributed by atoms with van der Waals surface area (Å²) in [5.41, 5.74) is -0.926. The number of hydrogen-bond donors (Lipinski definition) is 1. The zero-order chi connectivity index (χ0) is 23.2. The van der Waals surface area contributed by atoms with Gasteiger partial charge in [0, 0.05) is 5.02 Å². The highest BCUT2D eigenvalue weighted by atomic mass is 35.5. The Balaban J connectivity index is 3.37. The largest absolute Gasteiger partial charge is 0.393 e. The molecule has 0 saturated heterocycles. The number of rotatable bonds is 7. The van der Waals surface area contributed by atoms with Gasteiger partial charge in [-0.1, -0.05) is 23.2 Å². The van der Waals surface area contributed by atoms with Crippen molar-refractivity contribution < 1.29 is 57.5 Å². The van der Waals surface area contributed by atoms with Crippen LogP contribution in [0.15, 0.2) is 18.2 Å². The molecule has 0 saturated carbocycles. The van der Waals surface area contributed by atoms with E-state index in [0.717, 1.165) is 17.4 Å². The molecule has 1 amide bonds. The van der Waals surface area contributed by atoms with Gasteiger partial charge in [-0.2, -0.15) is 43.9 Å². The van der Waals surface area contributed by atoms with Crippen LogP contribution in [-0.4, -0.2) is 41.9 Å². The van der Waals surface area contributed by atoms with E-state index in [2.05, 4.69) is 0 Å². The van der Waals surface area contributed by atoms with E-state index in [-0.39, 0.29) is 5.02 Å². The first-order valence-electron chi connectivity index (χ1n) is 6.69. The molecule has 0 radical (unpaired) electrons. The molecule has 0 fully saturated rings. The minimum Gasteiger partial charge on any atom is -0.319 e. The summed E-state index contributed by atoms with van der Waals surface area (Å²) >= 11 is 10.8. The van der Waals surface area contributed by atoms with E-state index >= 15 is 0 Å². The highest BCUT2D eigenvalue weighted by molar-refractivity contribution is 6.36. The molecule has 0 unspecified atom stereocenters. The van der Waals surface area contributed by atoms with Crippen LogP contribution in [0, 0.1) is 0 Å². The monoisotopic (exact) mass is 489 g/mol. The first-order valence-corrected chi connectivity index (χ1v) is 7.44. The smallest absolute Gasteiger partial charge is 0.319 e. The van der Waals surface area contributed by atoms with E-state index in [4.69, 9.17) is 23.2 Å². The molecule has 0 spiro atoms. The predicted molar refractivity (Wildman–Crippen MR) is 75.8 cm³/mol. The Labute approximate surface area is 162 Å². The van der Waals surface area contributed by atoms with Crippen LogP contribution in [0.4, 0.5) is 58.4 Å². The minimum atomic E-state index is -7.80. The van der Waals surface area contributed by atoms with Crippen LogP contribution in [0.2, 0.25) is 10.0 Å². The fourth-order valence-corrected chi connectivity index (χ4v) is 2.13. The maximum atomic E-state index is 13.6. The van der Waals surface area contributed by atoms with E-state index in [1.54, 1.807) is 0 Å². The SMILES string of the molecule is O=C(Nc1ccc(Cl)cc1Cl)C(F)(F)C(F)(F)C(F)(F)C(F)(F)C(F)(F)C(F)F. The van der Waals surface area contributed by atoms with E-state index in [0.29, 0.717) is 6.07 Å². The summed E-state index contributed by atoms with van der Waals surface area (Å²) in [4.78, 5) is 11.3. The van der Waals surface area contributed by atoms with Crippen LogP contribution in [-0.2, 0) is 4.79 Å². The molecular weight excluding hydrogens is 485 g/mol. The molecule has 0 aliphatic carbocycles. The molecule has 1 N–H and O–H groups in total. The first-order chi connectivity index (χ1) is 12.7. The maximum Gasteiger partial charge on any atom is 0.393 e. The highest BCUT2D eigenvalue weighted by Crippen LogP contribution is 2.58. The molecule has 16 heteroatoms. The third-order valence-electron chi connectivity index (χ3n) is 3.34. The molecule has 0 heterocycles. The molecule has 166 valence electrons. The average molecular weight is 490 g/mol. The van der Waals surface area contributed by atoms with Crippen molar-refractivity contribution in [3.05, 3.63) is 28.2 Å². The Morgan fingerprint density at radius 1 is 0.828 bits per heavy atom. The number of alkyl halides is 12. The summed E-state index contributed by atoms with van der Waals surface area (Å²) in [6.07, 6.45) is -5.63. The van der Waals surface area contributed by atoms with E-state index < -0.39 is 52.7 Å². The number of carbonyl (C=O) groups is 1. The third kappa shape index (κ3) is 3.92. The van der Waals surface area contributed by atoms with Crippen molar-refractivity contribution in [2.24, 2.45) is 0 Å². The normalized spacial score (nSPS) is 14.3. The zero-order valence-corrected chi connectivity index (χ0v) is 14.5. The predicted octanol–water partition coefficient (Wildman–Crippen LogP) is 6.37. The Kier molecular flexibility index (Phi) is 6.67. The molecule has 2 nitrogen and oxygen atoms in total. The second-order valence-corrected chi connectivity index (χ2v) is 6.14. The summed E-state index contributed by atoms with van der Waals surface area (Å²) in [6, 6.07) is 2.24. The second kappa shape index (κ2) is 7.60. The van der Waals surface area contributed by atoms with Gasteiger partial charge < -0.3 is 5.32 Å². The Hall–Kier alpha value is -1.57. The Morgan fingerprint density at radius 3 is 1.72 bits per heavy atom. The molecule has 0 aliphatic heterocycles. The number of anilines is 1. The summed E-state index contributed by atoms with van der Waals surface area (Å²) in [6.45, 7) is 0. The van der Waals surface area contributed by atoms with E-state index in [1.807, 2.05) is 0 Å². The van der Waals surface area contributed by atoms with Crippen molar-refractivity contribution in [3.8, 4) is 0 Å². The van der Waals surface area contributed by atoms with Crippen molar-refractivity contribution in [1.29, 1.82) is 0 Å². The Bertz CT molecular complexity index is 783. The zero-order valence-electron chi connectivity index (χ0n) is 13.0. The van der Waals surface area contributed by atoms with Crippen molar-refractivity contribution >= 4 is 34.8 Å². The number of amides is 1. The van der Waals surface area contributed by atoms with Crippen molar-refractivity contribution in [2.75, 3.05) is 5.32 Å². The molecule has 1 aromatic carbocycles. The summed E-state index contributed by atoms with van der Waals surface area (Å²) in [7, 11) is 0. The molecule has 0 bridgehead atoms. The van der Waals surface area contributed by atoms with E-state index in [9.17, 15) is 57.5 Å². The number of benzene rings is 1. The van der Waals surface area contributed by atoms with Crippen LogP contribution in [0.25, 0.3) is 0 Å². The van der Waals surface area contributed by atoms with Gasteiger partial charge in [0.15, 0.2) is 0 Å². The first kappa shape index (κ1) is 25.5. The maximum absolute atomic E-state index is 13.6. The highest BCUT2D eigenvalue weighted by Gasteiger charge is 2.89. The standard InChI is InChI=1S/C13H5Cl2F12NO/c14-4-1-2-6(5(15)3-4)28-8(29)10(20,21)12(24,25)13(26,27)11(22,23)9(18,19)7(16)17/h1-3,7H,(H,28,29). The fourth-order valence-electron chi connectivity index (χ4n) is 1.67. The average Bonchev–Trinajstić information content (AvgIpc) is 2.56. The number of carbonyl (C=O) groups excluding carboxylic acids is 1. The van der Waals surface area contributed by atoms with E-state index in [1.165, 1.54) is 0 Å². The lowest BCUT2D eigenvalue weighted by molar-refractivity contribution is -0.406. The van der Waals surface area contributed by atoms with Gasteiger partial charge in [-0.15, -0.1) is 0 Å². The van der Waals surface area contributed by atoms with Crippen molar-refractivity contribution in [3.63, 3.8) is 0 Å². The Morgan fingerprint density at radius 2 is 1.31 bits per heavy atom. The molecule has 0 aliphatic rings. The molecule has 0 atom stereocenters. The third-order valence-corrected chi connectivity index (χ3v) is 3.89. The van der Waals surface area contributed by atoms with Gasteiger partial charge in [0.1, 0.15) is 0 Å². The molecular formula is C13H5Cl2F12NO.